The van der Waals surface area contributed by atoms with Crippen molar-refractivity contribution in [3.05, 3.63) is 54.4 Å². The number of aliphatic carboxylic acids is 1. The Morgan fingerprint density at radius 2 is 1.89 bits per heavy atom. The SMILES string of the molecule is C[C@]1(O)CCCN(S(=O)(=O)c2ccc(OCc3ccncc3)cc2)[C@H]1C(=O)O. The molecule has 0 bridgehead atoms. The maximum absolute atomic E-state index is 13.0. The lowest BCUT2D eigenvalue weighted by Crippen LogP contribution is -2.60. The van der Waals surface area contributed by atoms with Crippen LogP contribution in [-0.4, -0.2) is 52.1 Å². The second kappa shape index (κ2) is 7.86. The third-order valence-electron chi connectivity index (χ3n) is 4.76. The first-order chi connectivity index (χ1) is 13.2. The monoisotopic (exact) mass is 406 g/mol. The van der Waals surface area contributed by atoms with Gasteiger partial charge in [0.2, 0.25) is 10.0 Å². The lowest BCUT2D eigenvalue weighted by molar-refractivity contribution is -0.153. The normalized spacial score (nSPS) is 23.3. The molecule has 0 aliphatic carbocycles. The summed E-state index contributed by atoms with van der Waals surface area (Å²) in [6.45, 7) is 1.70. The number of benzene rings is 1. The highest BCUT2D eigenvalue weighted by Crippen LogP contribution is 2.32. The molecule has 0 saturated carbocycles. The van der Waals surface area contributed by atoms with Crippen LogP contribution in [0.15, 0.2) is 53.7 Å². The quantitative estimate of drug-likeness (QED) is 0.749. The van der Waals surface area contributed by atoms with Gasteiger partial charge < -0.3 is 14.9 Å². The molecule has 0 amide bonds. The Labute approximate surface area is 163 Å². The van der Waals surface area contributed by atoms with Crippen LogP contribution < -0.4 is 4.74 Å². The number of sulfonamides is 1. The zero-order valence-electron chi connectivity index (χ0n) is 15.4. The molecular formula is C19H22N2O6S. The molecule has 28 heavy (non-hydrogen) atoms. The molecule has 2 N–H and O–H groups in total. The third kappa shape index (κ3) is 4.16. The predicted octanol–water partition coefficient (Wildman–Crippen LogP) is 1.65. The standard InChI is InChI=1S/C19H22N2O6S/c1-19(24)9-2-12-21(17(19)18(22)23)28(25,26)16-5-3-15(4-6-16)27-13-14-7-10-20-11-8-14/h3-8,10-11,17,24H,2,9,12-13H2,1H3,(H,22,23)/t17-,19-/m0/s1. The van der Waals surface area contributed by atoms with Crippen LogP contribution in [0.1, 0.15) is 25.3 Å². The molecule has 8 nitrogen and oxygen atoms in total. The molecule has 1 fully saturated rings. The summed E-state index contributed by atoms with van der Waals surface area (Å²) in [5.74, 6) is -0.887. The van der Waals surface area contributed by atoms with Crippen LogP contribution in [0.25, 0.3) is 0 Å². The van der Waals surface area contributed by atoms with Gasteiger partial charge in [0.15, 0.2) is 6.04 Å². The van der Waals surface area contributed by atoms with Crippen LogP contribution in [0.5, 0.6) is 5.75 Å². The van der Waals surface area contributed by atoms with E-state index < -0.39 is 27.6 Å². The summed E-state index contributed by atoms with van der Waals surface area (Å²) in [5, 5.41) is 19.9. The molecule has 3 rings (SSSR count). The first-order valence-electron chi connectivity index (χ1n) is 8.80. The lowest BCUT2D eigenvalue weighted by Gasteiger charge is -2.41. The van der Waals surface area contributed by atoms with E-state index in [4.69, 9.17) is 4.74 Å². The fraction of sp³-hybridized carbons (Fsp3) is 0.368. The van der Waals surface area contributed by atoms with Crippen molar-refractivity contribution >= 4 is 16.0 Å². The van der Waals surface area contributed by atoms with E-state index >= 15 is 0 Å². The highest BCUT2D eigenvalue weighted by molar-refractivity contribution is 7.89. The fourth-order valence-corrected chi connectivity index (χ4v) is 5.02. The van der Waals surface area contributed by atoms with E-state index in [1.54, 1.807) is 12.4 Å². The van der Waals surface area contributed by atoms with Gasteiger partial charge >= 0.3 is 5.97 Å². The second-order valence-electron chi connectivity index (χ2n) is 6.93. The zero-order chi connectivity index (χ0) is 20.4. The van der Waals surface area contributed by atoms with Crippen LogP contribution in [0.3, 0.4) is 0 Å². The van der Waals surface area contributed by atoms with Gasteiger partial charge in [0.25, 0.3) is 0 Å². The number of hydrogen-bond donors (Lipinski definition) is 2. The Kier molecular flexibility index (Phi) is 5.69. The number of hydrogen-bond acceptors (Lipinski definition) is 6. The number of aromatic nitrogens is 1. The Bertz CT molecular complexity index is 929. The van der Waals surface area contributed by atoms with Crippen LogP contribution in [0, 0.1) is 0 Å². The molecule has 0 unspecified atom stereocenters. The molecule has 9 heteroatoms. The van der Waals surface area contributed by atoms with Gasteiger partial charge in [0.05, 0.1) is 10.5 Å². The molecule has 1 aromatic heterocycles. The summed E-state index contributed by atoms with van der Waals surface area (Å²) in [6.07, 6.45) is 3.91. The van der Waals surface area contributed by atoms with Gasteiger partial charge in [0, 0.05) is 18.9 Å². The highest BCUT2D eigenvalue weighted by Gasteiger charge is 2.49. The Balaban J connectivity index is 1.79. The van der Waals surface area contributed by atoms with Crippen molar-refractivity contribution in [2.75, 3.05) is 6.54 Å². The number of aliphatic hydroxyl groups is 1. The Morgan fingerprint density at radius 3 is 2.50 bits per heavy atom. The summed E-state index contributed by atoms with van der Waals surface area (Å²) < 4.78 is 32.5. The van der Waals surface area contributed by atoms with Gasteiger partial charge in [0.1, 0.15) is 12.4 Å². The van der Waals surface area contributed by atoms with E-state index in [1.165, 1.54) is 31.2 Å². The van der Waals surface area contributed by atoms with Crippen LogP contribution in [0.4, 0.5) is 0 Å². The smallest absolute Gasteiger partial charge is 0.325 e. The van der Waals surface area contributed by atoms with E-state index in [9.17, 15) is 23.4 Å². The first kappa shape index (κ1) is 20.2. The average Bonchev–Trinajstić information content (AvgIpc) is 2.66. The van der Waals surface area contributed by atoms with Gasteiger partial charge in [-0.15, -0.1) is 0 Å². The van der Waals surface area contributed by atoms with Crippen molar-refractivity contribution in [1.82, 2.24) is 9.29 Å². The second-order valence-corrected chi connectivity index (χ2v) is 8.82. The van der Waals surface area contributed by atoms with Gasteiger partial charge in [-0.1, -0.05) is 0 Å². The Morgan fingerprint density at radius 1 is 1.25 bits per heavy atom. The molecule has 1 aliphatic heterocycles. The van der Waals surface area contributed by atoms with Crippen molar-refractivity contribution in [3.63, 3.8) is 0 Å². The minimum Gasteiger partial charge on any atom is -0.489 e. The van der Waals surface area contributed by atoms with Crippen LogP contribution >= 0.6 is 0 Å². The third-order valence-corrected chi connectivity index (χ3v) is 6.64. The van der Waals surface area contributed by atoms with Gasteiger partial charge in [-0.3, -0.25) is 9.78 Å². The Hall–Kier alpha value is -2.49. The molecule has 1 aromatic carbocycles. The lowest BCUT2D eigenvalue weighted by atomic mass is 9.88. The predicted molar refractivity (Wildman–Crippen MR) is 100 cm³/mol. The summed E-state index contributed by atoms with van der Waals surface area (Å²) in [4.78, 5) is 15.5. The van der Waals surface area contributed by atoms with Crippen molar-refractivity contribution in [1.29, 1.82) is 0 Å². The minimum atomic E-state index is -4.08. The van der Waals surface area contributed by atoms with Crippen molar-refractivity contribution in [2.24, 2.45) is 0 Å². The molecule has 2 atom stereocenters. The van der Waals surface area contributed by atoms with Crippen molar-refractivity contribution < 1.29 is 28.2 Å². The summed E-state index contributed by atoms with van der Waals surface area (Å²) >= 11 is 0. The maximum Gasteiger partial charge on any atom is 0.325 e. The van der Waals surface area contributed by atoms with Gasteiger partial charge in [-0.05, 0) is 61.7 Å². The summed E-state index contributed by atoms with van der Waals surface area (Å²) in [6, 6.07) is 7.88. The topological polar surface area (TPSA) is 117 Å². The van der Waals surface area contributed by atoms with E-state index in [0.717, 1.165) is 9.87 Å². The van der Waals surface area contributed by atoms with Crippen LogP contribution in [0.2, 0.25) is 0 Å². The number of piperidine rings is 1. The number of carboxylic acids is 1. The molecule has 1 aliphatic rings. The molecule has 0 radical (unpaired) electrons. The van der Waals surface area contributed by atoms with Crippen molar-refractivity contribution in [2.45, 2.75) is 42.9 Å². The molecule has 150 valence electrons. The molecule has 2 aromatic rings. The molecule has 1 saturated heterocycles. The average molecular weight is 406 g/mol. The first-order valence-corrected chi connectivity index (χ1v) is 10.2. The minimum absolute atomic E-state index is 0.0374. The number of ether oxygens (including phenoxy) is 1. The zero-order valence-corrected chi connectivity index (χ0v) is 16.2. The number of rotatable bonds is 6. The molecule has 0 spiro atoms. The van der Waals surface area contributed by atoms with E-state index in [0.29, 0.717) is 18.8 Å². The highest BCUT2D eigenvalue weighted by atomic mass is 32.2. The van der Waals surface area contributed by atoms with E-state index in [-0.39, 0.29) is 17.9 Å². The maximum atomic E-state index is 13.0. The van der Waals surface area contributed by atoms with E-state index in [1.807, 2.05) is 12.1 Å². The van der Waals surface area contributed by atoms with Crippen LogP contribution in [-0.2, 0) is 21.4 Å². The number of carboxylic acid groups (broad SMARTS) is 1. The fourth-order valence-electron chi connectivity index (χ4n) is 3.31. The molecular weight excluding hydrogens is 384 g/mol. The van der Waals surface area contributed by atoms with E-state index in [2.05, 4.69) is 4.98 Å². The van der Waals surface area contributed by atoms with Crippen molar-refractivity contribution in [3.8, 4) is 5.75 Å². The number of nitrogens with zero attached hydrogens (tertiary/aromatic N) is 2. The largest absolute Gasteiger partial charge is 0.489 e. The summed E-state index contributed by atoms with van der Waals surface area (Å²) in [7, 11) is -4.08. The number of pyridine rings is 1. The molecule has 2 heterocycles. The number of carbonyl (C=O) groups is 1. The summed E-state index contributed by atoms with van der Waals surface area (Å²) in [5.41, 5.74) is -0.711. The van der Waals surface area contributed by atoms with Gasteiger partial charge in [-0.25, -0.2) is 8.42 Å². The van der Waals surface area contributed by atoms with Gasteiger partial charge in [-0.2, -0.15) is 4.31 Å².